The van der Waals surface area contributed by atoms with Gasteiger partial charge in [-0.2, -0.15) is 0 Å². The minimum Gasteiger partial charge on any atom is -0.296 e. The molecule has 2 unspecified atom stereocenters. The predicted molar refractivity (Wildman–Crippen MR) is 74.7 cm³/mol. The van der Waals surface area contributed by atoms with Crippen LogP contribution < -0.4 is 0 Å². The molecule has 1 aromatic rings. The summed E-state index contributed by atoms with van der Waals surface area (Å²) in [5, 5.41) is 0. The lowest BCUT2D eigenvalue weighted by Crippen LogP contribution is -2.38. The van der Waals surface area contributed by atoms with E-state index < -0.39 is 11.6 Å². The molecule has 0 amide bonds. The Morgan fingerprint density at radius 1 is 1.35 bits per heavy atom. The maximum Gasteiger partial charge on any atom is 0.179 e. The Kier molecular flexibility index (Phi) is 4.86. The lowest BCUT2D eigenvalue weighted by molar-refractivity contribution is 0.0878. The van der Waals surface area contributed by atoms with Crippen molar-refractivity contribution in [2.45, 2.75) is 38.6 Å². The van der Waals surface area contributed by atoms with E-state index in [1.807, 2.05) is 11.9 Å². The molecule has 1 saturated carbocycles. The summed E-state index contributed by atoms with van der Waals surface area (Å²) in [7, 11) is 1.90. The fourth-order valence-electron chi connectivity index (χ4n) is 2.96. The van der Waals surface area contributed by atoms with Crippen LogP contribution in [0.3, 0.4) is 0 Å². The Morgan fingerprint density at radius 3 is 2.75 bits per heavy atom. The number of likely N-dealkylation sites (N-methyl/N-ethyl adjacent to an activating group) is 1. The van der Waals surface area contributed by atoms with Gasteiger partial charge >= 0.3 is 0 Å². The van der Waals surface area contributed by atoms with Gasteiger partial charge in [-0.15, -0.1) is 0 Å². The van der Waals surface area contributed by atoms with Crippen LogP contribution in [-0.2, 0) is 0 Å². The van der Waals surface area contributed by atoms with Gasteiger partial charge in [0.15, 0.2) is 5.78 Å². The van der Waals surface area contributed by atoms with E-state index in [0.29, 0.717) is 12.0 Å². The van der Waals surface area contributed by atoms with Crippen molar-refractivity contribution < 1.29 is 13.6 Å². The van der Waals surface area contributed by atoms with E-state index in [2.05, 4.69) is 6.92 Å². The molecule has 4 heteroatoms. The highest BCUT2D eigenvalue weighted by Crippen LogP contribution is 2.26. The van der Waals surface area contributed by atoms with Gasteiger partial charge in [0.2, 0.25) is 0 Å². The molecule has 0 radical (unpaired) electrons. The molecule has 1 aliphatic rings. The number of rotatable bonds is 4. The van der Waals surface area contributed by atoms with Crippen LogP contribution in [0.25, 0.3) is 0 Å². The lowest BCUT2D eigenvalue weighted by Gasteiger charge is -2.33. The first-order valence-electron chi connectivity index (χ1n) is 7.16. The number of nitrogens with zero attached hydrogens (tertiary/aromatic N) is 1. The van der Waals surface area contributed by atoms with Gasteiger partial charge < -0.3 is 0 Å². The highest BCUT2D eigenvalue weighted by molar-refractivity contribution is 5.97. The normalized spacial score (nSPS) is 23.1. The molecule has 1 fully saturated rings. The first kappa shape index (κ1) is 15.1. The number of halogens is 2. The van der Waals surface area contributed by atoms with Crippen molar-refractivity contribution in [1.29, 1.82) is 0 Å². The summed E-state index contributed by atoms with van der Waals surface area (Å²) >= 11 is 0. The highest BCUT2D eigenvalue weighted by Gasteiger charge is 2.24. The first-order valence-corrected chi connectivity index (χ1v) is 7.16. The predicted octanol–water partition coefficient (Wildman–Crippen LogP) is 3.66. The monoisotopic (exact) mass is 281 g/mol. The van der Waals surface area contributed by atoms with Gasteiger partial charge in [0.1, 0.15) is 11.6 Å². The summed E-state index contributed by atoms with van der Waals surface area (Å²) in [6.45, 7) is 2.40. The van der Waals surface area contributed by atoms with E-state index in [4.69, 9.17) is 0 Å². The number of ketones is 1. The summed E-state index contributed by atoms with van der Waals surface area (Å²) < 4.78 is 26.4. The van der Waals surface area contributed by atoms with Crippen molar-refractivity contribution in [3.63, 3.8) is 0 Å². The number of hydrogen-bond acceptors (Lipinski definition) is 2. The molecule has 0 saturated heterocycles. The number of Topliss-reactive ketones (excluding diaryl/α,β-unsaturated/α-hetero) is 1. The van der Waals surface area contributed by atoms with Crippen LogP contribution in [0, 0.1) is 17.6 Å². The van der Waals surface area contributed by atoms with Gasteiger partial charge in [0.05, 0.1) is 12.1 Å². The SMILES string of the molecule is CC1CCCC(N(C)CC(=O)c2ccc(F)cc2F)C1. The van der Waals surface area contributed by atoms with Crippen LogP contribution in [0.15, 0.2) is 18.2 Å². The molecule has 0 bridgehead atoms. The van der Waals surface area contributed by atoms with E-state index in [0.717, 1.165) is 25.0 Å². The van der Waals surface area contributed by atoms with Crippen LogP contribution in [-0.4, -0.2) is 30.3 Å². The van der Waals surface area contributed by atoms with Crippen LogP contribution in [0.4, 0.5) is 8.78 Å². The lowest BCUT2D eigenvalue weighted by atomic mass is 9.86. The van der Waals surface area contributed by atoms with E-state index in [1.165, 1.54) is 18.9 Å². The second kappa shape index (κ2) is 6.44. The Labute approximate surface area is 118 Å². The van der Waals surface area contributed by atoms with Gasteiger partial charge in [-0.3, -0.25) is 9.69 Å². The molecule has 0 aromatic heterocycles. The standard InChI is InChI=1S/C16H21F2NO/c1-11-4-3-5-13(8-11)19(2)10-16(20)14-7-6-12(17)9-15(14)18/h6-7,9,11,13H,3-5,8,10H2,1-2H3. The minimum atomic E-state index is -0.777. The van der Waals surface area contributed by atoms with Gasteiger partial charge in [0.25, 0.3) is 0 Å². The van der Waals surface area contributed by atoms with E-state index in [-0.39, 0.29) is 17.9 Å². The van der Waals surface area contributed by atoms with Gasteiger partial charge in [0, 0.05) is 12.1 Å². The molecular weight excluding hydrogens is 260 g/mol. The largest absolute Gasteiger partial charge is 0.296 e. The molecular formula is C16H21F2NO. The van der Waals surface area contributed by atoms with Crippen LogP contribution in [0.1, 0.15) is 43.0 Å². The van der Waals surface area contributed by atoms with Gasteiger partial charge in [-0.25, -0.2) is 8.78 Å². The Balaban J connectivity index is 1.99. The minimum absolute atomic E-state index is 0.0258. The van der Waals surface area contributed by atoms with Crippen molar-refractivity contribution in [2.24, 2.45) is 5.92 Å². The van der Waals surface area contributed by atoms with Crippen molar-refractivity contribution in [2.75, 3.05) is 13.6 Å². The quantitative estimate of drug-likeness (QED) is 0.785. The van der Waals surface area contributed by atoms with E-state index >= 15 is 0 Å². The van der Waals surface area contributed by atoms with Gasteiger partial charge in [-0.05, 0) is 37.9 Å². The summed E-state index contributed by atoms with van der Waals surface area (Å²) in [6.07, 6.45) is 4.58. The Bertz CT molecular complexity index is 489. The fraction of sp³-hybridized carbons (Fsp3) is 0.562. The molecule has 2 atom stereocenters. The van der Waals surface area contributed by atoms with Crippen molar-refractivity contribution >= 4 is 5.78 Å². The number of carbonyl (C=O) groups excluding carboxylic acids is 1. The third-order valence-corrected chi connectivity index (χ3v) is 4.16. The van der Waals surface area contributed by atoms with Crippen molar-refractivity contribution in [3.8, 4) is 0 Å². The van der Waals surface area contributed by atoms with Crippen molar-refractivity contribution in [3.05, 3.63) is 35.4 Å². The van der Waals surface area contributed by atoms with Crippen LogP contribution in [0.2, 0.25) is 0 Å². The fourth-order valence-corrected chi connectivity index (χ4v) is 2.96. The summed E-state index contributed by atoms with van der Waals surface area (Å²) in [5.41, 5.74) is -0.0258. The first-order chi connectivity index (χ1) is 9.47. The summed E-state index contributed by atoms with van der Waals surface area (Å²) in [5.74, 6) is -1.05. The molecule has 1 aromatic carbocycles. The smallest absolute Gasteiger partial charge is 0.179 e. The molecule has 20 heavy (non-hydrogen) atoms. The van der Waals surface area contributed by atoms with E-state index in [1.54, 1.807) is 0 Å². The van der Waals surface area contributed by atoms with Crippen molar-refractivity contribution in [1.82, 2.24) is 4.90 Å². The molecule has 0 aliphatic heterocycles. The summed E-state index contributed by atoms with van der Waals surface area (Å²) in [4.78, 5) is 14.1. The van der Waals surface area contributed by atoms with Crippen LogP contribution in [0.5, 0.6) is 0 Å². The number of benzene rings is 1. The second-order valence-electron chi connectivity index (χ2n) is 5.89. The Morgan fingerprint density at radius 2 is 2.10 bits per heavy atom. The molecule has 0 heterocycles. The zero-order chi connectivity index (χ0) is 14.7. The molecule has 0 spiro atoms. The molecule has 2 rings (SSSR count). The second-order valence-corrected chi connectivity index (χ2v) is 5.89. The maximum atomic E-state index is 13.6. The summed E-state index contributed by atoms with van der Waals surface area (Å²) in [6, 6.07) is 3.49. The zero-order valence-electron chi connectivity index (χ0n) is 12.0. The molecule has 0 N–H and O–H groups in total. The zero-order valence-corrected chi connectivity index (χ0v) is 12.0. The number of hydrogen-bond donors (Lipinski definition) is 0. The number of carbonyl (C=O) groups is 1. The molecule has 1 aliphatic carbocycles. The third-order valence-electron chi connectivity index (χ3n) is 4.16. The topological polar surface area (TPSA) is 20.3 Å². The average molecular weight is 281 g/mol. The highest BCUT2D eigenvalue weighted by atomic mass is 19.1. The molecule has 2 nitrogen and oxygen atoms in total. The molecule has 110 valence electrons. The van der Waals surface area contributed by atoms with E-state index in [9.17, 15) is 13.6 Å². The maximum absolute atomic E-state index is 13.6. The van der Waals surface area contributed by atoms with Gasteiger partial charge in [-0.1, -0.05) is 19.8 Å². The van der Waals surface area contributed by atoms with Crippen LogP contribution >= 0.6 is 0 Å². The Hall–Kier alpha value is -1.29. The third kappa shape index (κ3) is 3.63. The average Bonchev–Trinajstić information content (AvgIpc) is 2.38.